The highest BCUT2D eigenvalue weighted by molar-refractivity contribution is 5.69. The molecule has 8 heteroatoms. The minimum atomic E-state index is -0.231. The summed E-state index contributed by atoms with van der Waals surface area (Å²) >= 11 is 0. The number of carbonyl (C=O) groups is 1. The number of aromatic nitrogens is 2. The molecule has 2 unspecified atom stereocenters. The molecule has 1 N–H and O–H groups in total. The summed E-state index contributed by atoms with van der Waals surface area (Å²) < 4.78 is 11.8. The molecule has 2 heterocycles. The lowest BCUT2D eigenvalue weighted by Gasteiger charge is -2.31. The number of benzene rings is 1. The molecule has 8 nitrogen and oxygen atoms in total. The first kappa shape index (κ1) is 21.5. The van der Waals surface area contributed by atoms with Gasteiger partial charge in [0.2, 0.25) is 5.88 Å². The van der Waals surface area contributed by atoms with E-state index in [0.29, 0.717) is 36.3 Å². The third-order valence-electron chi connectivity index (χ3n) is 7.37. The summed E-state index contributed by atoms with van der Waals surface area (Å²) in [7, 11) is 0. The fourth-order valence-electron chi connectivity index (χ4n) is 4.60. The van der Waals surface area contributed by atoms with Crippen LogP contribution in [-0.4, -0.2) is 46.3 Å². The summed E-state index contributed by atoms with van der Waals surface area (Å²) in [6.45, 7) is 7.94. The van der Waals surface area contributed by atoms with Crippen molar-refractivity contribution in [2.24, 2.45) is 11.3 Å². The van der Waals surface area contributed by atoms with Gasteiger partial charge in [-0.1, -0.05) is 0 Å². The van der Waals surface area contributed by atoms with Gasteiger partial charge in [0.25, 0.3) is 0 Å². The van der Waals surface area contributed by atoms with Gasteiger partial charge in [-0.3, -0.25) is 0 Å². The number of rotatable bonds is 6. The third-order valence-corrected chi connectivity index (χ3v) is 7.37. The summed E-state index contributed by atoms with van der Waals surface area (Å²) in [5.74, 6) is 1.71. The van der Waals surface area contributed by atoms with Gasteiger partial charge in [-0.15, -0.1) is 0 Å². The van der Waals surface area contributed by atoms with E-state index in [0.717, 1.165) is 49.0 Å². The lowest BCUT2D eigenvalue weighted by Crippen LogP contribution is -2.42. The Morgan fingerprint density at radius 1 is 1.30 bits per heavy atom. The monoisotopic (exact) mass is 447 g/mol. The first-order valence-electron chi connectivity index (χ1n) is 11.5. The molecule has 3 aliphatic rings. The Morgan fingerprint density at radius 3 is 2.82 bits per heavy atom. The molecule has 172 valence electrons. The van der Waals surface area contributed by atoms with Gasteiger partial charge in [-0.2, -0.15) is 5.26 Å². The number of hydrogen-bond acceptors (Lipinski definition) is 7. The fraction of sp³-hybridized carbons (Fsp3) is 0.520. The Morgan fingerprint density at radius 2 is 2.12 bits per heavy atom. The number of nitriles is 1. The Kier molecular flexibility index (Phi) is 5.15. The van der Waals surface area contributed by atoms with Gasteiger partial charge in [-0.25, -0.2) is 14.8 Å². The van der Waals surface area contributed by atoms with Crippen LogP contribution in [0.2, 0.25) is 0 Å². The zero-order valence-electron chi connectivity index (χ0n) is 19.4. The van der Waals surface area contributed by atoms with Gasteiger partial charge in [-0.05, 0) is 76.1 Å². The van der Waals surface area contributed by atoms with Crippen LogP contribution < -0.4 is 10.1 Å². The number of ether oxygens (including phenoxy) is 2. The maximum atomic E-state index is 12.4. The highest BCUT2D eigenvalue weighted by Gasteiger charge is 2.58. The smallest absolute Gasteiger partial charge is 0.410 e. The van der Waals surface area contributed by atoms with Gasteiger partial charge >= 0.3 is 6.09 Å². The first-order valence-corrected chi connectivity index (χ1v) is 11.5. The number of piperidine rings is 1. The molecule has 1 amide bonds. The predicted octanol–water partition coefficient (Wildman–Crippen LogP) is 4.49. The maximum absolute atomic E-state index is 12.4. The zero-order chi connectivity index (χ0) is 23.2. The number of aryl methyl sites for hydroxylation is 1. The van der Waals surface area contributed by atoms with E-state index in [2.05, 4.69) is 21.4 Å². The number of hydrogen-bond donors (Lipinski definition) is 1. The van der Waals surface area contributed by atoms with E-state index >= 15 is 0 Å². The highest BCUT2D eigenvalue weighted by atomic mass is 16.6. The predicted molar refractivity (Wildman–Crippen MR) is 122 cm³/mol. The van der Waals surface area contributed by atoms with Crippen LogP contribution in [0.1, 0.15) is 49.3 Å². The van der Waals surface area contributed by atoms with E-state index in [1.165, 1.54) is 6.33 Å². The van der Waals surface area contributed by atoms with Crippen LogP contribution >= 0.6 is 0 Å². The molecule has 1 aromatic carbocycles. The van der Waals surface area contributed by atoms with Crippen molar-refractivity contribution >= 4 is 17.6 Å². The minimum absolute atomic E-state index is 0.120. The van der Waals surface area contributed by atoms with Crippen molar-refractivity contribution in [2.45, 2.75) is 52.1 Å². The molecule has 33 heavy (non-hydrogen) atoms. The molecule has 5 rings (SSSR count). The lowest BCUT2D eigenvalue weighted by molar-refractivity contribution is 0.0439. The van der Waals surface area contributed by atoms with Crippen LogP contribution in [0, 0.1) is 36.5 Å². The van der Waals surface area contributed by atoms with Crippen LogP contribution in [0.3, 0.4) is 0 Å². The molecule has 2 saturated carbocycles. The molecule has 3 fully saturated rings. The molecular formula is C25H29N5O3. The molecule has 2 atom stereocenters. The lowest BCUT2D eigenvalue weighted by atomic mass is 9.96. The SMILES string of the molecule is Cc1cc(C#N)ccc1Nc1ncnc(OCC23CCN(C(=O)OC4(C)CC4)CC2C3)c1C. The van der Waals surface area contributed by atoms with Crippen molar-refractivity contribution in [1.29, 1.82) is 5.26 Å². The van der Waals surface area contributed by atoms with E-state index in [-0.39, 0.29) is 17.1 Å². The van der Waals surface area contributed by atoms with Gasteiger partial charge in [0.05, 0.1) is 23.8 Å². The van der Waals surface area contributed by atoms with Gasteiger partial charge in [0.1, 0.15) is 17.7 Å². The third kappa shape index (κ3) is 4.32. The van der Waals surface area contributed by atoms with Crippen molar-refractivity contribution in [2.75, 3.05) is 25.0 Å². The van der Waals surface area contributed by atoms with Gasteiger partial charge < -0.3 is 19.7 Å². The summed E-state index contributed by atoms with van der Waals surface area (Å²) in [6.07, 6.45) is 5.25. The van der Waals surface area contributed by atoms with E-state index in [1.54, 1.807) is 6.07 Å². The average molecular weight is 448 g/mol. The quantitative estimate of drug-likeness (QED) is 0.696. The number of nitrogens with one attached hydrogen (secondary N) is 1. The molecule has 1 aromatic heterocycles. The van der Waals surface area contributed by atoms with E-state index in [4.69, 9.17) is 14.7 Å². The van der Waals surface area contributed by atoms with Crippen molar-refractivity contribution in [1.82, 2.24) is 14.9 Å². The number of carbonyl (C=O) groups excluding carboxylic acids is 1. The van der Waals surface area contributed by atoms with Crippen molar-refractivity contribution < 1.29 is 14.3 Å². The second kappa shape index (κ2) is 7.91. The highest BCUT2D eigenvalue weighted by Crippen LogP contribution is 2.58. The molecule has 2 aromatic rings. The molecule has 0 radical (unpaired) electrons. The molecule has 1 aliphatic heterocycles. The molecule has 2 aliphatic carbocycles. The summed E-state index contributed by atoms with van der Waals surface area (Å²) in [5.41, 5.74) is 3.21. The standard InChI is InChI=1S/C25H29N5O3/c1-16-10-18(12-26)4-5-20(16)29-21-17(2)22(28-15-27-21)32-14-25-8-9-30(13-19(25)11-25)23(31)33-24(3)6-7-24/h4-5,10,15,19H,6-9,11,13-14H2,1-3H3,(H,27,28,29). The maximum Gasteiger partial charge on any atom is 0.410 e. The number of amides is 1. The zero-order valence-corrected chi connectivity index (χ0v) is 19.4. The van der Waals surface area contributed by atoms with Crippen LogP contribution in [-0.2, 0) is 4.74 Å². The summed E-state index contributed by atoms with van der Waals surface area (Å²) in [4.78, 5) is 23.0. The Hall–Kier alpha value is -3.34. The number of likely N-dealkylation sites (tertiary alicyclic amines) is 1. The molecule has 0 bridgehead atoms. The van der Waals surface area contributed by atoms with E-state index in [9.17, 15) is 4.79 Å². The number of anilines is 2. The second-order valence-electron chi connectivity index (χ2n) is 9.98. The second-order valence-corrected chi connectivity index (χ2v) is 9.98. The van der Waals surface area contributed by atoms with Crippen molar-refractivity contribution in [3.8, 4) is 11.9 Å². The number of fused-ring (bicyclic) bond motifs is 1. The average Bonchev–Trinajstić information content (AvgIpc) is 3.71. The summed E-state index contributed by atoms with van der Waals surface area (Å²) in [6, 6.07) is 7.66. The van der Waals surface area contributed by atoms with Crippen LogP contribution in [0.15, 0.2) is 24.5 Å². The Labute approximate surface area is 193 Å². The van der Waals surface area contributed by atoms with Gasteiger partial charge in [0, 0.05) is 24.2 Å². The van der Waals surface area contributed by atoms with Crippen LogP contribution in [0.5, 0.6) is 5.88 Å². The van der Waals surface area contributed by atoms with E-state index < -0.39 is 0 Å². The topological polar surface area (TPSA) is 100 Å². The Bertz CT molecular complexity index is 1140. The van der Waals surface area contributed by atoms with E-state index in [1.807, 2.05) is 37.8 Å². The number of nitrogens with zero attached hydrogens (tertiary/aromatic N) is 4. The Balaban J connectivity index is 1.19. The first-order chi connectivity index (χ1) is 15.8. The van der Waals surface area contributed by atoms with Crippen molar-refractivity contribution in [3.63, 3.8) is 0 Å². The van der Waals surface area contributed by atoms with Crippen LogP contribution in [0.4, 0.5) is 16.3 Å². The summed E-state index contributed by atoms with van der Waals surface area (Å²) in [5, 5.41) is 12.4. The fourth-order valence-corrected chi connectivity index (χ4v) is 4.60. The molecule has 0 spiro atoms. The van der Waals surface area contributed by atoms with Crippen molar-refractivity contribution in [3.05, 3.63) is 41.2 Å². The van der Waals surface area contributed by atoms with Crippen LogP contribution in [0.25, 0.3) is 0 Å². The minimum Gasteiger partial charge on any atom is -0.477 e. The molecule has 1 saturated heterocycles. The normalized spacial score (nSPS) is 24.3. The largest absolute Gasteiger partial charge is 0.477 e. The molecular weight excluding hydrogens is 418 g/mol. The van der Waals surface area contributed by atoms with Gasteiger partial charge in [0.15, 0.2) is 0 Å².